The first-order valence-corrected chi connectivity index (χ1v) is 6.17. The molecule has 0 aromatic heterocycles. The second kappa shape index (κ2) is 6.99. The normalized spacial score (nSPS) is 10.2. The second-order valence-electron chi connectivity index (χ2n) is 4.34. The maximum Gasteiger partial charge on any atom is 0.253 e. The average molecular weight is 266 g/mol. The Hall–Kier alpha value is -1.75. The number of carbonyl (C=O) groups is 1. The van der Waals surface area contributed by atoms with E-state index in [2.05, 4.69) is 5.32 Å². The molecule has 0 unspecified atom stereocenters. The summed E-state index contributed by atoms with van der Waals surface area (Å²) < 4.78 is 10.6. The second-order valence-corrected chi connectivity index (χ2v) is 4.34. The van der Waals surface area contributed by atoms with Gasteiger partial charge in [0.05, 0.1) is 14.2 Å². The lowest BCUT2D eigenvalue weighted by atomic mass is 10.1. The van der Waals surface area contributed by atoms with Crippen LogP contribution in [0.3, 0.4) is 0 Å². The van der Waals surface area contributed by atoms with Crippen molar-refractivity contribution < 1.29 is 14.3 Å². The SMILES string of the molecule is CNCCN(C)C(=O)c1cc(OC)c(C)c(OC)c1. The lowest BCUT2D eigenvalue weighted by Gasteiger charge is -2.18. The van der Waals surface area contributed by atoms with E-state index < -0.39 is 0 Å². The Morgan fingerprint density at radius 3 is 2.21 bits per heavy atom. The first kappa shape index (κ1) is 15.3. The topological polar surface area (TPSA) is 50.8 Å². The van der Waals surface area contributed by atoms with Gasteiger partial charge in [-0.15, -0.1) is 0 Å². The molecule has 106 valence electrons. The number of nitrogens with one attached hydrogen (secondary N) is 1. The van der Waals surface area contributed by atoms with Crippen LogP contribution in [-0.4, -0.2) is 52.2 Å². The zero-order valence-corrected chi connectivity index (χ0v) is 12.2. The van der Waals surface area contributed by atoms with Gasteiger partial charge in [-0.2, -0.15) is 0 Å². The van der Waals surface area contributed by atoms with E-state index >= 15 is 0 Å². The summed E-state index contributed by atoms with van der Waals surface area (Å²) in [5.74, 6) is 1.27. The molecule has 0 bridgehead atoms. The van der Waals surface area contributed by atoms with Gasteiger partial charge in [0.2, 0.25) is 0 Å². The van der Waals surface area contributed by atoms with Gasteiger partial charge < -0.3 is 19.7 Å². The largest absolute Gasteiger partial charge is 0.496 e. The van der Waals surface area contributed by atoms with E-state index in [0.717, 1.165) is 12.1 Å². The molecule has 1 N–H and O–H groups in total. The number of methoxy groups -OCH3 is 2. The highest BCUT2D eigenvalue weighted by Crippen LogP contribution is 2.29. The fourth-order valence-electron chi connectivity index (χ4n) is 1.81. The van der Waals surface area contributed by atoms with E-state index in [1.54, 1.807) is 38.3 Å². The van der Waals surface area contributed by atoms with Gasteiger partial charge in [0.1, 0.15) is 11.5 Å². The monoisotopic (exact) mass is 266 g/mol. The highest BCUT2D eigenvalue weighted by molar-refractivity contribution is 5.95. The molecule has 5 nitrogen and oxygen atoms in total. The van der Waals surface area contributed by atoms with Gasteiger partial charge in [-0.1, -0.05) is 0 Å². The predicted molar refractivity (Wildman–Crippen MR) is 75.2 cm³/mol. The number of ether oxygens (including phenoxy) is 2. The molecule has 0 aliphatic rings. The quantitative estimate of drug-likeness (QED) is 0.843. The lowest BCUT2D eigenvalue weighted by molar-refractivity contribution is 0.0796. The molecule has 1 aromatic rings. The maximum atomic E-state index is 12.3. The van der Waals surface area contributed by atoms with Crippen LogP contribution in [-0.2, 0) is 0 Å². The Kier molecular flexibility index (Phi) is 5.63. The maximum absolute atomic E-state index is 12.3. The average Bonchev–Trinajstić information content (AvgIpc) is 2.44. The molecule has 0 radical (unpaired) electrons. The summed E-state index contributed by atoms with van der Waals surface area (Å²) in [6.07, 6.45) is 0. The first-order chi connectivity index (χ1) is 9.04. The lowest BCUT2D eigenvalue weighted by Crippen LogP contribution is -2.32. The van der Waals surface area contributed by atoms with E-state index in [4.69, 9.17) is 9.47 Å². The molecule has 19 heavy (non-hydrogen) atoms. The van der Waals surface area contributed by atoms with Gasteiger partial charge in [0, 0.05) is 31.3 Å². The van der Waals surface area contributed by atoms with Gasteiger partial charge in [-0.05, 0) is 26.1 Å². The van der Waals surface area contributed by atoms with Crippen LogP contribution >= 0.6 is 0 Å². The van der Waals surface area contributed by atoms with Crippen LogP contribution in [0.15, 0.2) is 12.1 Å². The molecule has 0 heterocycles. The molecule has 0 spiro atoms. The number of hydrogen-bond donors (Lipinski definition) is 1. The van der Waals surface area contributed by atoms with Crippen molar-refractivity contribution in [1.82, 2.24) is 10.2 Å². The van der Waals surface area contributed by atoms with Crippen molar-refractivity contribution in [2.45, 2.75) is 6.92 Å². The Bertz CT molecular complexity index is 421. The number of likely N-dealkylation sites (N-methyl/N-ethyl adjacent to an activating group) is 2. The van der Waals surface area contributed by atoms with Crippen molar-refractivity contribution >= 4 is 5.91 Å². The molecule has 0 saturated carbocycles. The fraction of sp³-hybridized carbons (Fsp3) is 0.500. The smallest absolute Gasteiger partial charge is 0.253 e. The van der Waals surface area contributed by atoms with Gasteiger partial charge in [0.15, 0.2) is 0 Å². The highest BCUT2D eigenvalue weighted by atomic mass is 16.5. The first-order valence-electron chi connectivity index (χ1n) is 6.17. The number of nitrogens with zero attached hydrogens (tertiary/aromatic N) is 1. The van der Waals surface area contributed by atoms with Crippen LogP contribution in [0.2, 0.25) is 0 Å². The van der Waals surface area contributed by atoms with Crippen molar-refractivity contribution in [2.24, 2.45) is 0 Å². The van der Waals surface area contributed by atoms with Gasteiger partial charge in [-0.25, -0.2) is 0 Å². The summed E-state index contributed by atoms with van der Waals surface area (Å²) in [6.45, 7) is 3.30. The third kappa shape index (κ3) is 3.61. The molecule has 1 rings (SSSR count). The molecule has 1 aromatic carbocycles. The van der Waals surface area contributed by atoms with Gasteiger partial charge in [-0.3, -0.25) is 4.79 Å². The standard InChI is InChI=1S/C14H22N2O3/c1-10-12(18-4)8-11(9-13(10)19-5)14(17)16(3)7-6-15-2/h8-9,15H,6-7H2,1-5H3. The van der Waals surface area contributed by atoms with Crippen molar-refractivity contribution in [1.29, 1.82) is 0 Å². The molecule has 0 aliphatic carbocycles. The van der Waals surface area contributed by atoms with Crippen molar-refractivity contribution in [3.05, 3.63) is 23.3 Å². The summed E-state index contributed by atoms with van der Waals surface area (Å²) in [5.41, 5.74) is 1.46. The number of amides is 1. The van der Waals surface area contributed by atoms with E-state index in [1.807, 2.05) is 14.0 Å². The van der Waals surface area contributed by atoms with Crippen molar-refractivity contribution in [3.8, 4) is 11.5 Å². The summed E-state index contributed by atoms with van der Waals surface area (Å²) in [4.78, 5) is 14.0. The number of hydrogen-bond acceptors (Lipinski definition) is 4. The van der Waals surface area contributed by atoms with Gasteiger partial charge >= 0.3 is 0 Å². The number of rotatable bonds is 6. The fourth-order valence-corrected chi connectivity index (χ4v) is 1.81. The van der Waals surface area contributed by atoms with Crippen LogP contribution in [0.25, 0.3) is 0 Å². The molecular formula is C14H22N2O3. The van der Waals surface area contributed by atoms with E-state index in [9.17, 15) is 4.79 Å². The third-order valence-electron chi connectivity index (χ3n) is 3.04. The molecule has 0 saturated heterocycles. The van der Waals surface area contributed by atoms with E-state index in [-0.39, 0.29) is 5.91 Å². The summed E-state index contributed by atoms with van der Waals surface area (Å²) >= 11 is 0. The van der Waals surface area contributed by atoms with Crippen LogP contribution in [0.4, 0.5) is 0 Å². The Morgan fingerprint density at radius 2 is 1.79 bits per heavy atom. The van der Waals surface area contributed by atoms with Crippen LogP contribution < -0.4 is 14.8 Å². The summed E-state index contributed by atoms with van der Waals surface area (Å²) in [5, 5.41) is 3.02. The molecule has 0 aliphatic heterocycles. The van der Waals surface area contributed by atoms with Crippen LogP contribution in [0, 0.1) is 6.92 Å². The van der Waals surface area contributed by atoms with Crippen LogP contribution in [0.5, 0.6) is 11.5 Å². The van der Waals surface area contributed by atoms with Gasteiger partial charge in [0.25, 0.3) is 5.91 Å². The summed E-state index contributed by atoms with van der Waals surface area (Å²) in [7, 11) is 6.80. The minimum atomic E-state index is -0.0492. The summed E-state index contributed by atoms with van der Waals surface area (Å²) in [6, 6.07) is 3.49. The zero-order valence-electron chi connectivity index (χ0n) is 12.2. The van der Waals surface area contributed by atoms with E-state index in [1.165, 1.54) is 0 Å². The molecular weight excluding hydrogens is 244 g/mol. The minimum Gasteiger partial charge on any atom is -0.496 e. The molecule has 0 atom stereocenters. The number of benzene rings is 1. The predicted octanol–water partition coefficient (Wildman–Crippen LogP) is 1.30. The highest BCUT2D eigenvalue weighted by Gasteiger charge is 2.16. The van der Waals surface area contributed by atoms with Crippen molar-refractivity contribution in [3.63, 3.8) is 0 Å². The third-order valence-corrected chi connectivity index (χ3v) is 3.04. The molecule has 1 amide bonds. The van der Waals surface area contributed by atoms with E-state index in [0.29, 0.717) is 23.6 Å². The minimum absolute atomic E-state index is 0.0492. The van der Waals surface area contributed by atoms with Crippen molar-refractivity contribution in [2.75, 3.05) is 41.4 Å². The zero-order chi connectivity index (χ0) is 14.4. The molecule has 5 heteroatoms. The Balaban J connectivity index is 3.03. The number of carbonyl (C=O) groups excluding carboxylic acids is 1. The van der Waals surface area contributed by atoms with Crippen LogP contribution in [0.1, 0.15) is 15.9 Å². The molecule has 0 fully saturated rings. The Morgan fingerprint density at radius 1 is 1.26 bits per heavy atom. The Labute approximate surface area is 114 Å².